The molecule has 0 spiro atoms. The Morgan fingerprint density at radius 2 is 1.02 bits per heavy atom. The summed E-state index contributed by atoms with van der Waals surface area (Å²) in [5, 5.41) is 5.38. The van der Waals surface area contributed by atoms with Gasteiger partial charge in [0.15, 0.2) is 0 Å². The summed E-state index contributed by atoms with van der Waals surface area (Å²) in [7, 11) is 0. The Morgan fingerprint density at radius 1 is 0.500 bits per heavy atom. The molecule has 2 radical (unpaired) electrons. The Kier molecular flexibility index (Phi) is 14.0. The van der Waals surface area contributed by atoms with Crippen molar-refractivity contribution >= 4 is 28.4 Å². The SMILES string of the molecule is CC(C)(C)c1ccc(-c2cccc3[cH-]c(-c4ccccc4)cc23)cc1.Cc1cc2c(-c3ccc(C(C)(C)C)cc3)ccc(C)c2[cH-]1.[CH3-].[CH3-].[Si]=[Zr]. The van der Waals surface area contributed by atoms with E-state index in [9.17, 15) is 0 Å². The number of hydrogen-bond donors (Lipinski definition) is 0. The zero-order chi connectivity index (χ0) is 34.6. The molecule has 0 aliphatic rings. The molecule has 0 bridgehead atoms. The van der Waals surface area contributed by atoms with E-state index in [1.807, 2.05) is 0 Å². The Hall–Kier alpha value is -3.58. The molecule has 0 aliphatic heterocycles. The molecule has 2 heteroatoms. The van der Waals surface area contributed by atoms with Gasteiger partial charge in [0, 0.05) is 0 Å². The minimum atomic E-state index is 0. The molecule has 0 nitrogen and oxygen atoms in total. The van der Waals surface area contributed by atoms with Crippen LogP contribution in [-0.4, -0.2) is 6.88 Å². The second-order valence-electron chi connectivity index (χ2n) is 14.9. The quantitative estimate of drug-likeness (QED) is 0.125. The van der Waals surface area contributed by atoms with Crippen molar-refractivity contribution in [1.29, 1.82) is 0 Å². The van der Waals surface area contributed by atoms with E-state index in [0.29, 0.717) is 0 Å². The van der Waals surface area contributed by atoms with Gasteiger partial charge in [0.05, 0.1) is 0 Å². The van der Waals surface area contributed by atoms with Crippen LogP contribution in [-0.2, 0) is 34.2 Å². The summed E-state index contributed by atoms with van der Waals surface area (Å²) in [5.41, 5.74) is 13.6. The van der Waals surface area contributed by atoms with Gasteiger partial charge >= 0.3 is 30.2 Å². The van der Waals surface area contributed by atoms with E-state index in [1.165, 1.54) is 101 Å². The van der Waals surface area contributed by atoms with Crippen LogP contribution in [0.5, 0.6) is 0 Å². The van der Waals surface area contributed by atoms with Gasteiger partial charge in [-0.15, -0.1) is 68.6 Å². The zero-order valence-corrected chi connectivity index (χ0v) is 35.2. The average molecular weight is 748 g/mol. The second-order valence-corrected chi connectivity index (χ2v) is 14.9. The average Bonchev–Trinajstić information content (AvgIpc) is 3.70. The van der Waals surface area contributed by atoms with Gasteiger partial charge in [-0.1, -0.05) is 169 Å². The van der Waals surface area contributed by atoms with Gasteiger partial charge in [-0.25, -0.2) is 0 Å². The van der Waals surface area contributed by atoms with Crippen molar-refractivity contribution in [2.75, 3.05) is 0 Å². The van der Waals surface area contributed by atoms with Crippen LogP contribution in [0.25, 0.3) is 54.9 Å². The van der Waals surface area contributed by atoms with Gasteiger partial charge in [0.2, 0.25) is 0 Å². The van der Waals surface area contributed by atoms with Gasteiger partial charge in [0.1, 0.15) is 0 Å². The fourth-order valence-corrected chi connectivity index (χ4v) is 6.42. The fourth-order valence-electron chi connectivity index (χ4n) is 6.42. The molecule has 0 N–H and O–H groups in total. The van der Waals surface area contributed by atoms with Gasteiger partial charge in [0.25, 0.3) is 0 Å². The molecular weight excluding hydrogens is 696 g/mol. The molecule has 0 unspecified atom stereocenters. The van der Waals surface area contributed by atoms with Gasteiger partial charge in [-0.2, -0.15) is 6.07 Å². The molecule has 0 saturated heterocycles. The Balaban J connectivity index is 0.000000251. The Morgan fingerprint density at radius 3 is 1.54 bits per heavy atom. The first-order valence-corrected chi connectivity index (χ1v) is 21.0. The van der Waals surface area contributed by atoms with Gasteiger partial charge in [-0.05, 0) is 33.1 Å². The first-order chi connectivity index (χ1) is 22.9. The molecule has 0 saturated carbocycles. The predicted molar refractivity (Wildman–Crippen MR) is 221 cm³/mol. The minimum absolute atomic E-state index is 0. The summed E-state index contributed by atoms with van der Waals surface area (Å²) in [6, 6.07) is 48.9. The van der Waals surface area contributed by atoms with Crippen molar-refractivity contribution < 1.29 is 23.3 Å². The first-order valence-electron chi connectivity index (χ1n) is 16.8. The molecule has 0 atom stereocenters. The molecule has 256 valence electrons. The maximum absolute atomic E-state index is 3.06. The summed E-state index contributed by atoms with van der Waals surface area (Å²) in [6.07, 6.45) is 0. The number of hydrogen-bond acceptors (Lipinski definition) is 0. The summed E-state index contributed by atoms with van der Waals surface area (Å²) in [5.74, 6) is 0. The van der Waals surface area contributed by atoms with Crippen LogP contribution in [0.1, 0.15) is 63.8 Å². The van der Waals surface area contributed by atoms with Crippen LogP contribution < -0.4 is 0 Å². The van der Waals surface area contributed by atoms with E-state index in [4.69, 9.17) is 0 Å². The molecule has 50 heavy (non-hydrogen) atoms. The van der Waals surface area contributed by atoms with Crippen molar-refractivity contribution in [3.8, 4) is 33.4 Å². The maximum atomic E-state index is 3.06. The number of aryl methyl sites for hydroxylation is 2. The summed E-state index contributed by atoms with van der Waals surface area (Å²) < 4.78 is 0. The third-order valence-corrected chi connectivity index (χ3v) is 9.23. The summed E-state index contributed by atoms with van der Waals surface area (Å²) >= 11 is 1.36. The topological polar surface area (TPSA) is 0 Å². The molecule has 7 rings (SSSR count). The van der Waals surface area contributed by atoms with Crippen molar-refractivity contribution in [2.45, 2.75) is 66.2 Å². The zero-order valence-electron chi connectivity index (χ0n) is 31.7. The number of fused-ring (bicyclic) bond motifs is 2. The van der Waals surface area contributed by atoms with Crippen LogP contribution in [0.3, 0.4) is 0 Å². The Bertz CT molecular complexity index is 2110. The van der Waals surface area contributed by atoms with E-state index in [1.54, 1.807) is 0 Å². The third kappa shape index (κ3) is 9.20. The molecular formula is C48H52SiZr-4. The van der Waals surface area contributed by atoms with Crippen molar-refractivity contribution in [1.82, 2.24) is 0 Å². The predicted octanol–water partition coefficient (Wildman–Crippen LogP) is 13.8. The van der Waals surface area contributed by atoms with Crippen molar-refractivity contribution in [3.05, 3.63) is 171 Å². The molecule has 0 heterocycles. The molecule has 0 aliphatic carbocycles. The van der Waals surface area contributed by atoms with E-state index in [-0.39, 0.29) is 25.7 Å². The molecule has 0 amide bonds. The van der Waals surface area contributed by atoms with E-state index in [0.717, 1.165) is 0 Å². The van der Waals surface area contributed by atoms with E-state index in [2.05, 4.69) is 196 Å². The standard InChI is InChI=1S/C25H23.C21H23.2CH3.Si.Zr/c1-25(2,3)22-14-12-19(13-15-22)23-11-7-10-20-16-21(17-24(20)23)18-8-5-4-6-9-18;1-14-12-19-15(2)6-11-18(20(19)13-14)16-7-9-17(10-8-16)21(3,4)5;;;;/h4-17H,1-3H3;6-13H,1-5H3;2*1H3;;/q4*-1;;. The monoisotopic (exact) mass is 746 g/mol. The number of rotatable bonds is 3. The third-order valence-electron chi connectivity index (χ3n) is 9.23. The summed E-state index contributed by atoms with van der Waals surface area (Å²) in [6.45, 7) is 21.0. The van der Waals surface area contributed by atoms with Crippen molar-refractivity contribution in [2.24, 2.45) is 0 Å². The van der Waals surface area contributed by atoms with Crippen LogP contribution >= 0.6 is 0 Å². The molecule has 7 aromatic carbocycles. The fraction of sp³-hybridized carbons (Fsp3) is 0.208. The van der Waals surface area contributed by atoms with Crippen LogP contribution in [0, 0.1) is 28.7 Å². The van der Waals surface area contributed by atoms with E-state index < -0.39 is 0 Å². The Labute approximate surface area is 319 Å². The first kappa shape index (κ1) is 40.8. The second kappa shape index (κ2) is 17.1. The van der Waals surface area contributed by atoms with Crippen LogP contribution in [0.15, 0.2) is 133 Å². The summed E-state index contributed by atoms with van der Waals surface area (Å²) in [4.78, 5) is 0. The molecule has 0 aromatic heterocycles. The van der Waals surface area contributed by atoms with E-state index >= 15 is 0 Å². The molecule has 7 aromatic rings. The van der Waals surface area contributed by atoms with Crippen molar-refractivity contribution in [3.63, 3.8) is 0 Å². The molecule has 0 fully saturated rings. The van der Waals surface area contributed by atoms with Gasteiger partial charge < -0.3 is 14.9 Å². The normalized spacial score (nSPS) is 11.0. The van der Waals surface area contributed by atoms with Crippen LogP contribution in [0.4, 0.5) is 0 Å². The number of benzene rings is 5. The van der Waals surface area contributed by atoms with Crippen LogP contribution in [0.2, 0.25) is 0 Å². The van der Waals surface area contributed by atoms with Gasteiger partial charge in [-0.3, -0.25) is 0 Å².